The first-order chi connectivity index (χ1) is 3.30. The molecular formula is C6H8NY2-. The molecule has 0 fully saturated rings. The van der Waals surface area contributed by atoms with E-state index in [0.717, 1.165) is 5.69 Å². The number of nitrogens with zero attached hydrogens (tertiary/aromatic N) is 1. The molecule has 0 aliphatic carbocycles. The van der Waals surface area contributed by atoms with Gasteiger partial charge in [-0.2, -0.15) is 11.9 Å². The molecule has 9 heavy (non-hydrogen) atoms. The van der Waals surface area contributed by atoms with Crippen LogP contribution in [0, 0.1) is 13.8 Å². The number of aromatic nitrogens is 1. The fraction of sp³-hybridized carbons (Fsp3) is 0.333. The summed E-state index contributed by atoms with van der Waals surface area (Å²) in [6.45, 7) is 4.07. The van der Waals surface area contributed by atoms with E-state index in [9.17, 15) is 0 Å². The quantitative estimate of drug-likeness (QED) is 0.693. The van der Waals surface area contributed by atoms with Gasteiger partial charge in [0.2, 0.25) is 0 Å². The molecule has 0 bridgehead atoms. The maximum atomic E-state index is 4.02. The summed E-state index contributed by atoms with van der Waals surface area (Å²) in [4.78, 5) is 4.02. The first-order valence-electron chi connectivity index (χ1n) is 2.35. The van der Waals surface area contributed by atoms with Crippen molar-refractivity contribution < 1.29 is 65.4 Å². The monoisotopic (exact) mass is 272 g/mol. The van der Waals surface area contributed by atoms with E-state index in [2.05, 4.69) is 11.9 Å². The van der Waals surface area contributed by atoms with Crippen molar-refractivity contribution in [2.24, 2.45) is 0 Å². The molecule has 0 N–H and O–H groups in total. The maximum absolute atomic E-state index is 4.02. The van der Waals surface area contributed by atoms with E-state index in [1.807, 2.05) is 19.2 Å². The Morgan fingerprint density at radius 3 is 1.89 bits per heavy atom. The molecule has 0 saturated heterocycles. The fourth-order valence-electron chi connectivity index (χ4n) is 0.483. The molecule has 0 amide bonds. The van der Waals surface area contributed by atoms with Gasteiger partial charge in [-0.15, -0.1) is 0 Å². The van der Waals surface area contributed by atoms with Gasteiger partial charge in [-0.25, -0.2) is 0 Å². The predicted molar refractivity (Wildman–Crippen MR) is 29.2 cm³/mol. The second-order valence-electron chi connectivity index (χ2n) is 1.71. The third kappa shape index (κ3) is 4.03. The maximum Gasteiger partial charge on any atom is 0 e. The van der Waals surface area contributed by atoms with Crippen LogP contribution in [0.1, 0.15) is 11.3 Å². The van der Waals surface area contributed by atoms with E-state index in [0.29, 0.717) is 0 Å². The Kier molecular flexibility index (Phi) is 9.05. The van der Waals surface area contributed by atoms with Crippen molar-refractivity contribution in [2.75, 3.05) is 0 Å². The number of hydrogen-bond donors (Lipinski definition) is 0. The zero-order valence-corrected chi connectivity index (χ0v) is 11.4. The standard InChI is InChI=1S/C6H8N.2Y/c1-5-3-4-7-6(5)2;;/h3-4H,1-2H3;;/q-1;;. The zero-order chi connectivity index (χ0) is 5.28. The molecule has 1 aromatic heterocycles. The average molecular weight is 272 g/mol. The van der Waals surface area contributed by atoms with Crippen LogP contribution in [0.2, 0.25) is 0 Å². The average Bonchev–Trinajstić information content (AvgIpc) is 1.91. The topological polar surface area (TPSA) is 14.1 Å². The minimum absolute atomic E-state index is 0. The van der Waals surface area contributed by atoms with Crippen LogP contribution < -0.4 is 4.98 Å². The van der Waals surface area contributed by atoms with Gasteiger partial charge in [-0.1, -0.05) is 18.6 Å². The van der Waals surface area contributed by atoms with E-state index in [1.165, 1.54) is 5.56 Å². The molecule has 1 rings (SSSR count). The van der Waals surface area contributed by atoms with Crippen LogP contribution in [0.15, 0.2) is 12.3 Å². The van der Waals surface area contributed by atoms with Gasteiger partial charge in [-0.05, 0) is 6.92 Å². The molecule has 0 aliphatic rings. The molecule has 0 aliphatic heterocycles. The van der Waals surface area contributed by atoms with E-state index in [4.69, 9.17) is 0 Å². The summed E-state index contributed by atoms with van der Waals surface area (Å²) in [5.74, 6) is 0. The van der Waals surface area contributed by atoms with Gasteiger partial charge >= 0.3 is 0 Å². The van der Waals surface area contributed by atoms with E-state index < -0.39 is 0 Å². The van der Waals surface area contributed by atoms with Crippen LogP contribution in [0.3, 0.4) is 0 Å². The molecule has 0 saturated carbocycles. The van der Waals surface area contributed by atoms with Crippen molar-refractivity contribution in [3.8, 4) is 0 Å². The fourth-order valence-corrected chi connectivity index (χ4v) is 0.483. The number of rotatable bonds is 0. The Balaban J connectivity index is 0. The Morgan fingerprint density at radius 2 is 1.78 bits per heavy atom. The van der Waals surface area contributed by atoms with Gasteiger partial charge in [-0.3, -0.25) is 0 Å². The van der Waals surface area contributed by atoms with Crippen LogP contribution in [-0.2, 0) is 65.4 Å². The third-order valence-corrected chi connectivity index (χ3v) is 1.16. The van der Waals surface area contributed by atoms with Crippen molar-refractivity contribution in [3.63, 3.8) is 0 Å². The van der Waals surface area contributed by atoms with Crippen molar-refractivity contribution in [2.45, 2.75) is 13.8 Å². The van der Waals surface area contributed by atoms with Crippen molar-refractivity contribution >= 4 is 0 Å². The smallest absolute Gasteiger partial charge is 0 e. The Hall–Kier alpha value is 1.49. The molecule has 2 radical (unpaired) electrons. The molecule has 0 spiro atoms. The van der Waals surface area contributed by atoms with Gasteiger partial charge in [0, 0.05) is 65.4 Å². The van der Waals surface area contributed by atoms with E-state index in [1.54, 1.807) is 0 Å². The van der Waals surface area contributed by atoms with Gasteiger partial charge in [0.1, 0.15) is 0 Å². The molecule has 1 aromatic rings. The summed E-state index contributed by atoms with van der Waals surface area (Å²) in [5, 5.41) is 0. The SMILES string of the molecule is Cc1cc[n-]c1C.[Y].[Y]. The van der Waals surface area contributed by atoms with Crippen molar-refractivity contribution in [1.82, 2.24) is 4.98 Å². The van der Waals surface area contributed by atoms with Gasteiger partial charge in [0.25, 0.3) is 0 Å². The van der Waals surface area contributed by atoms with Crippen LogP contribution >= 0.6 is 0 Å². The number of aryl methyl sites for hydroxylation is 2. The van der Waals surface area contributed by atoms with E-state index in [-0.39, 0.29) is 65.4 Å². The predicted octanol–water partition coefficient (Wildman–Crippen LogP) is 1.26. The summed E-state index contributed by atoms with van der Waals surface area (Å²) in [5.41, 5.74) is 2.42. The van der Waals surface area contributed by atoms with Crippen molar-refractivity contribution in [1.29, 1.82) is 0 Å². The molecule has 3 heteroatoms. The second-order valence-corrected chi connectivity index (χ2v) is 1.71. The van der Waals surface area contributed by atoms with Crippen LogP contribution in [0.25, 0.3) is 0 Å². The largest absolute Gasteiger partial charge is 0.668 e. The summed E-state index contributed by atoms with van der Waals surface area (Å²) >= 11 is 0. The van der Waals surface area contributed by atoms with E-state index >= 15 is 0 Å². The molecule has 44 valence electrons. The minimum atomic E-state index is 0. The van der Waals surface area contributed by atoms with Crippen LogP contribution in [0.5, 0.6) is 0 Å². The molecular weight excluding hydrogens is 264 g/mol. The normalized spacial score (nSPS) is 7.33. The Morgan fingerprint density at radius 1 is 1.22 bits per heavy atom. The first kappa shape index (κ1) is 13.1. The summed E-state index contributed by atoms with van der Waals surface area (Å²) in [6.07, 6.45) is 1.82. The molecule has 1 nitrogen and oxygen atoms in total. The van der Waals surface area contributed by atoms with Crippen molar-refractivity contribution in [3.05, 3.63) is 23.5 Å². The van der Waals surface area contributed by atoms with Gasteiger partial charge in [0.15, 0.2) is 0 Å². The summed E-state index contributed by atoms with van der Waals surface area (Å²) in [6, 6.07) is 2.01. The zero-order valence-electron chi connectivity index (χ0n) is 5.76. The Bertz CT molecular complexity index is 143. The molecule has 0 atom stereocenters. The van der Waals surface area contributed by atoms with Crippen LogP contribution in [-0.4, -0.2) is 0 Å². The third-order valence-electron chi connectivity index (χ3n) is 1.16. The molecule has 0 unspecified atom stereocenters. The number of hydrogen-bond acceptors (Lipinski definition) is 0. The molecule has 1 heterocycles. The molecule has 0 aromatic carbocycles. The van der Waals surface area contributed by atoms with Crippen LogP contribution in [0.4, 0.5) is 0 Å². The van der Waals surface area contributed by atoms with Gasteiger partial charge < -0.3 is 4.98 Å². The summed E-state index contributed by atoms with van der Waals surface area (Å²) < 4.78 is 0. The summed E-state index contributed by atoms with van der Waals surface area (Å²) in [7, 11) is 0. The second kappa shape index (κ2) is 6.21. The van der Waals surface area contributed by atoms with Gasteiger partial charge in [0.05, 0.1) is 0 Å². The first-order valence-corrected chi connectivity index (χ1v) is 2.35. The minimum Gasteiger partial charge on any atom is -0.668 e. The Labute approximate surface area is 106 Å².